The number of fused-ring (bicyclic) bond motifs is 1. The second kappa shape index (κ2) is 8.97. The highest BCUT2D eigenvalue weighted by Gasteiger charge is 2.41. The van der Waals surface area contributed by atoms with Crippen LogP contribution in [0.3, 0.4) is 0 Å². The molecule has 0 radical (unpaired) electrons. The lowest BCUT2D eigenvalue weighted by Crippen LogP contribution is -2.40. The van der Waals surface area contributed by atoms with Crippen molar-refractivity contribution < 1.29 is 24.3 Å². The number of rotatable bonds is 4. The van der Waals surface area contributed by atoms with Gasteiger partial charge in [-0.1, -0.05) is 29.8 Å². The van der Waals surface area contributed by atoms with Crippen molar-refractivity contribution in [3.63, 3.8) is 0 Å². The molecule has 5 amide bonds. The fourth-order valence-electron chi connectivity index (χ4n) is 3.93. The molecule has 2 aromatic carbocycles. The Kier molecular flexibility index (Phi) is 6.11. The standard InChI is InChI=1S/C22H21ClN4O5/c23-16-3-1-2-4-17(16)25-22(32)24-11-12-5-7-14-15(9-12)21(31)27(20(14)30)13-6-8-18(28)26-19(29)10-13/h1-5,7,9,13,21,31H,6,8,10-11H2,(H2,24,25,32)(H,26,28,29)/t13?,21-/m0/s1. The average Bonchev–Trinajstić information content (AvgIpc) is 2.88. The summed E-state index contributed by atoms with van der Waals surface area (Å²) in [5.41, 5.74) is 1.89. The Labute approximate surface area is 188 Å². The van der Waals surface area contributed by atoms with E-state index in [2.05, 4.69) is 16.0 Å². The Balaban J connectivity index is 1.44. The van der Waals surface area contributed by atoms with E-state index in [1.165, 1.54) is 4.90 Å². The fraction of sp³-hybridized carbons (Fsp3) is 0.273. The molecule has 10 heteroatoms. The molecule has 4 N–H and O–H groups in total. The molecule has 2 aromatic rings. The number of hydrogen-bond donors (Lipinski definition) is 4. The maximum Gasteiger partial charge on any atom is 0.319 e. The third-order valence-electron chi connectivity index (χ3n) is 5.50. The molecule has 0 saturated carbocycles. The van der Waals surface area contributed by atoms with Crippen LogP contribution < -0.4 is 16.0 Å². The van der Waals surface area contributed by atoms with E-state index in [-0.39, 0.29) is 31.7 Å². The molecule has 2 atom stereocenters. The third-order valence-corrected chi connectivity index (χ3v) is 5.83. The van der Waals surface area contributed by atoms with Gasteiger partial charge in [0.1, 0.15) is 0 Å². The highest BCUT2D eigenvalue weighted by molar-refractivity contribution is 6.33. The topological polar surface area (TPSA) is 128 Å². The number of carbonyl (C=O) groups excluding carboxylic acids is 4. The zero-order valence-corrected chi connectivity index (χ0v) is 17.7. The molecule has 9 nitrogen and oxygen atoms in total. The first-order valence-electron chi connectivity index (χ1n) is 10.1. The lowest BCUT2D eigenvalue weighted by Gasteiger charge is -2.29. The van der Waals surface area contributed by atoms with Gasteiger partial charge in [0.15, 0.2) is 6.23 Å². The second-order valence-corrected chi connectivity index (χ2v) is 8.07. The summed E-state index contributed by atoms with van der Waals surface area (Å²) >= 11 is 6.03. The van der Waals surface area contributed by atoms with E-state index >= 15 is 0 Å². The van der Waals surface area contributed by atoms with Crippen LogP contribution in [0.5, 0.6) is 0 Å². The normalized spacial score (nSPS) is 20.4. The molecular formula is C22H21ClN4O5. The Morgan fingerprint density at radius 3 is 2.72 bits per heavy atom. The number of urea groups is 1. The zero-order chi connectivity index (χ0) is 22.8. The van der Waals surface area contributed by atoms with Crippen molar-refractivity contribution in [2.24, 2.45) is 0 Å². The van der Waals surface area contributed by atoms with Crippen LogP contribution in [0.25, 0.3) is 0 Å². The summed E-state index contributed by atoms with van der Waals surface area (Å²) in [6.45, 7) is 0.158. The molecule has 0 aliphatic carbocycles. The van der Waals surface area contributed by atoms with Crippen LogP contribution in [0.1, 0.15) is 47.0 Å². The van der Waals surface area contributed by atoms with Gasteiger partial charge in [0.05, 0.1) is 10.7 Å². The molecule has 32 heavy (non-hydrogen) atoms. The predicted octanol–water partition coefficient (Wildman–Crippen LogP) is 2.30. The quantitative estimate of drug-likeness (QED) is 0.525. The van der Waals surface area contributed by atoms with Crippen molar-refractivity contribution in [2.45, 2.75) is 38.1 Å². The molecule has 1 saturated heterocycles. The van der Waals surface area contributed by atoms with Crippen molar-refractivity contribution in [3.8, 4) is 0 Å². The summed E-state index contributed by atoms with van der Waals surface area (Å²) in [4.78, 5) is 49.8. The molecular weight excluding hydrogens is 436 g/mol. The molecule has 0 bridgehead atoms. The number of anilines is 1. The van der Waals surface area contributed by atoms with E-state index in [4.69, 9.17) is 11.6 Å². The van der Waals surface area contributed by atoms with Gasteiger partial charge in [0.25, 0.3) is 5.91 Å². The van der Waals surface area contributed by atoms with E-state index in [1.807, 2.05) is 0 Å². The molecule has 2 aliphatic heterocycles. The number of amides is 5. The van der Waals surface area contributed by atoms with Crippen LogP contribution in [0, 0.1) is 0 Å². The number of aliphatic hydroxyl groups excluding tert-OH is 1. The van der Waals surface area contributed by atoms with Crippen LogP contribution in [-0.4, -0.2) is 39.8 Å². The Morgan fingerprint density at radius 1 is 1.16 bits per heavy atom. The summed E-state index contributed by atoms with van der Waals surface area (Å²) in [7, 11) is 0. The highest BCUT2D eigenvalue weighted by Crippen LogP contribution is 2.36. The van der Waals surface area contributed by atoms with Crippen molar-refractivity contribution in [1.29, 1.82) is 0 Å². The van der Waals surface area contributed by atoms with Crippen LogP contribution >= 0.6 is 11.6 Å². The molecule has 0 spiro atoms. The lowest BCUT2D eigenvalue weighted by molar-refractivity contribution is -0.129. The summed E-state index contributed by atoms with van der Waals surface area (Å²) in [6.07, 6.45) is -0.913. The first-order chi connectivity index (χ1) is 15.3. The molecule has 2 heterocycles. The molecule has 2 aliphatic rings. The van der Waals surface area contributed by atoms with Crippen LogP contribution in [0.15, 0.2) is 42.5 Å². The number of aliphatic hydroxyl groups is 1. The monoisotopic (exact) mass is 456 g/mol. The van der Waals surface area contributed by atoms with Crippen molar-refractivity contribution in [1.82, 2.24) is 15.5 Å². The van der Waals surface area contributed by atoms with Crippen LogP contribution in [-0.2, 0) is 16.1 Å². The van der Waals surface area contributed by atoms with Gasteiger partial charge in [-0.25, -0.2) is 4.79 Å². The van der Waals surface area contributed by atoms with Gasteiger partial charge in [0, 0.05) is 36.6 Å². The summed E-state index contributed by atoms with van der Waals surface area (Å²) < 4.78 is 0. The van der Waals surface area contributed by atoms with Gasteiger partial charge in [-0.05, 0) is 36.2 Å². The average molecular weight is 457 g/mol. The summed E-state index contributed by atoms with van der Waals surface area (Å²) in [6, 6.07) is 10.7. The van der Waals surface area contributed by atoms with Crippen LogP contribution in [0.4, 0.5) is 10.5 Å². The number of nitrogens with zero attached hydrogens (tertiary/aromatic N) is 1. The fourth-order valence-corrected chi connectivity index (χ4v) is 4.11. The zero-order valence-electron chi connectivity index (χ0n) is 16.9. The molecule has 1 fully saturated rings. The van der Waals surface area contributed by atoms with Crippen LogP contribution in [0.2, 0.25) is 5.02 Å². The van der Waals surface area contributed by atoms with Gasteiger partial charge < -0.3 is 20.6 Å². The van der Waals surface area contributed by atoms with Crippen molar-refractivity contribution in [3.05, 3.63) is 64.2 Å². The SMILES string of the molecule is O=C1CCC(N2C(=O)c3ccc(CNC(=O)Nc4ccccc4Cl)cc3[C@@H]2O)CC(=O)N1. The molecule has 4 rings (SSSR count). The minimum atomic E-state index is -1.24. The second-order valence-electron chi connectivity index (χ2n) is 7.66. The Hall–Kier alpha value is -3.43. The van der Waals surface area contributed by atoms with Gasteiger partial charge in [-0.15, -0.1) is 0 Å². The number of para-hydroxylation sites is 1. The summed E-state index contributed by atoms with van der Waals surface area (Å²) in [5, 5.41) is 18.8. The number of carbonyl (C=O) groups is 4. The first kappa shape index (κ1) is 21.8. The number of halogens is 1. The number of benzene rings is 2. The van der Waals surface area contributed by atoms with Gasteiger partial charge >= 0.3 is 6.03 Å². The van der Waals surface area contributed by atoms with Gasteiger partial charge in [0.2, 0.25) is 11.8 Å². The maximum absolute atomic E-state index is 12.9. The molecule has 166 valence electrons. The highest BCUT2D eigenvalue weighted by atomic mass is 35.5. The number of imide groups is 1. The van der Waals surface area contributed by atoms with Crippen molar-refractivity contribution >= 4 is 41.0 Å². The minimum Gasteiger partial charge on any atom is -0.369 e. The molecule has 0 aromatic heterocycles. The Bertz CT molecular complexity index is 1110. The van der Waals surface area contributed by atoms with E-state index in [9.17, 15) is 24.3 Å². The smallest absolute Gasteiger partial charge is 0.319 e. The molecule has 1 unspecified atom stereocenters. The largest absolute Gasteiger partial charge is 0.369 e. The van der Waals surface area contributed by atoms with E-state index in [1.54, 1.807) is 42.5 Å². The Morgan fingerprint density at radius 2 is 1.94 bits per heavy atom. The van der Waals surface area contributed by atoms with Gasteiger partial charge in [-0.2, -0.15) is 0 Å². The predicted molar refractivity (Wildman–Crippen MR) is 116 cm³/mol. The van der Waals surface area contributed by atoms with E-state index < -0.39 is 30.1 Å². The van der Waals surface area contributed by atoms with E-state index in [0.717, 1.165) is 0 Å². The maximum atomic E-state index is 12.9. The van der Waals surface area contributed by atoms with Crippen molar-refractivity contribution in [2.75, 3.05) is 5.32 Å². The van der Waals surface area contributed by atoms with E-state index in [0.29, 0.717) is 27.4 Å². The summed E-state index contributed by atoms with van der Waals surface area (Å²) in [5.74, 6) is -1.25. The minimum absolute atomic E-state index is 0.0564. The lowest BCUT2D eigenvalue weighted by atomic mass is 10.1. The number of nitrogens with one attached hydrogen (secondary N) is 3. The van der Waals surface area contributed by atoms with Gasteiger partial charge in [-0.3, -0.25) is 19.7 Å². The number of hydrogen-bond acceptors (Lipinski definition) is 5. The first-order valence-corrected chi connectivity index (χ1v) is 10.5. The third kappa shape index (κ3) is 4.44.